The van der Waals surface area contributed by atoms with Gasteiger partial charge in [0.15, 0.2) is 5.96 Å². The lowest BCUT2D eigenvalue weighted by Gasteiger charge is -2.14. The number of guanidine groups is 1. The van der Waals surface area contributed by atoms with E-state index in [0.29, 0.717) is 6.54 Å². The van der Waals surface area contributed by atoms with Crippen molar-refractivity contribution in [1.29, 1.82) is 0 Å². The number of nitrogens with one attached hydrogen (secondary N) is 2. The van der Waals surface area contributed by atoms with E-state index in [1.807, 2.05) is 62.9 Å². The topological polar surface area (TPSA) is 65.9 Å². The second-order valence-corrected chi connectivity index (χ2v) is 6.91. The van der Waals surface area contributed by atoms with Crippen molar-refractivity contribution in [1.82, 2.24) is 10.6 Å². The van der Waals surface area contributed by atoms with E-state index in [0.717, 1.165) is 41.9 Å². The molecule has 0 fully saturated rings. The van der Waals surface area contributed by atoms with E-state index in [-0.39, 0.29) is 30.1 Å². The fourth-order valence-electron chi connectivity index (χ4n) is 2.07. The van der Waals surface area contributed by atoms with E-state index >= 15 is 0 Å². The van der Waals surface area contributed by atoms with Crippen LogP contribution in [0.15, 0.2) is 41.9 Å². The van der Waals surface area contributed by atoms with Gasteiger partial charge in [-0.1, -0.05) is 18.2 Å². The number of hydrogen-bond donors (Lipinski definition) is 3. The molecule has 0 aliphatic heterocycles. The third kappa shape index (κ3) is 10.9. The zero-order chi connectivity index (χ0) is 18.5. The summed E-state index contributed by atoms with van der Waals surface area (Å²) < 4.78 is 5.61. The summed E-state index contributed by atoms with van der Waals surface area (Å²) in [4.78, 5) is 4.46. The van der Waals surface area contributed by atoms with Crippen molar-refractivity contribution in [3.05, 3.63) is 42.5 Å². The van der Waals surface area contributed by atoms with Crippen molar-refractivity contribution in [2.75, 3.05) is 31.1 Å². The molecule has 26 heavy (non-hydrogen) atoms. The maximum Gasteiger partial charge on any atom is 0.191 e. The van der Waals surface area contributed by atoms with Crippen molar-refractivity contribution in [3.8, 4) is 5.75 Å². The molecule has 1 aromatic carbocycles. The van der Waals surface area contributed by atoms with Gasteiger partial charge in [-0.05, 0) is 38.5 Å². The summed E-state index contributed by atoms with van der Waals surface area (Å²) in [6, 6.07) is 7.51. The molecule has 0 amide bonds. The highest BCUT2D eigenvalue weighted by molar-refractivity contribution is 14.0. The number of aliphatic imine (C=N–C) groups is 1. The monoisotopic (exact) mass is 493 g/mol. The first-order valence-corrected chi connectivity index (χ1v) is 9.87. The van der Waals surface area contributed by atoms with E-state index in [9.17, 15) is 5.11 Å². The van der Waals surface area contributed by atoms with E-state index < -0.39 is 6.10 Å². The first kappa shape index (κ1) is 25.1. The minimum atomic E-state index is -0.640. The summed E-state index contributed by atoms with van der Waals surface area (Å²) in [5.41, 5.74) is 0.831. The molecule has 0 aromatic heterocycles. The fraction of sp³-hybridized carbons (Fsp3) is 0.526. The van der Waals surface area contributed by atoms with Gasteiger partial charge in [0, 0.05) is 24.6 Å². The second-order valence-electron chi connectivity index (χ2n) is 5.76. The van der Waals surface area contributed by atoms with Crippen molar-refractivity contribution in [2.45, 2.75) is 33.0 Å². The number of aliphatic hydroxyl groups excluding tert-OH is 1. The van der Waals surface area contributed by atoms with Crippen LogP contribution in [0.5, 0.6) is 5.75 Å². The highest BCUT2D eigenvalue weighted by atomic mass is 127. The Balaban J connectivity index is 0.00000625. The van der Waals surface area contributed by atoms with Crippen molar-refractivity contribution in [2.24, 2.45) is 4.99 Å². The third-order valence-corrected chi connectivity index (χ3v) is 4.14. The van der Waals surface area contributed by atoms with Crippen LogP contribution < -0.4 is 15.4 Å². The summed E-state index contributed by atoms with van der Waals surface area (Å²) in [5, 5.41) is 16.8. The zero-order valence-electron chi connectivity index (χ0n) is 15.9. The summed E-state index contributed by atoms with van der Waals surface area (Å²) in [5.74, 6) is 3.46. The molecular weight excluding hydrogens is 461 g/mol. The number of halogens is 1. The minimum Gasteiger partial charge on any atom is -0.491 e. The van der Waals surface area contributed by atoms with E-state index in [2.05, 4.69) is 22.2 Å². The third-order valence-electron chi connectivity index (χ3n) is 3.18. The number of aliphatic hydroxyl groups is 1. The quantitative estimate of drug-likeness (QED) is 0.145. The lowest BCUT2D eigenvalue weighted by Crippen LogP contribution is -2.38. The normalized spacial score (nSPS) is 12.3. The summed E-state index contributed by atoms with van der Waals surface area (Å²) in [6.45, 7) is 11.6. The largest absolute Gasteiger partial charge is 0.491 e. The van der Waals surface area contributed by atoms with Gasteiger partial charge in [0.2, 0.25) is 0 Å². The summed E-state index contributed by atoms with van der Waals surface area (Å²) >= 11 is 1.82. The molecule has 0 radical (unpaired) electrons. The van der Waals surface area contributed by atoms with E-state index in [4.69, 9.17) is 4.74 Å². The minimum absolute atomic E-state index is 0. The van der Waals surface area contributed by atoms with Crippen LogP contribution in [0, 0.1) is 0 Å². The van der Waals surface area contributed by atoms with Gasteiger partial charge in [-0.15, -0.1) is 30.6 Å². The van der Waals surface area contributed by atoms with Crippen LogP contribution in [-0.4, -0.2) is 48.3 Å². The Hall–Kier alpha value is -0.930. The number of benzene rings is 1. The standard InChI is InChI=1S/C19H31N3O2S.HI/c1-5-12-25-13-11-21-19(20-6-2)22-14-18(23)16-7-9-17(10-8-16)24-15(3)4;/h5,7-10,15,18,23H,1,6,11-14H2,2-4H3,(H2,20,21,22);1H. The Morgan fingerprint density at radius 2 is 2.00 bits per heavy atom. The average molecular weight is 493 g/mol. The van der Waals surface area contributed by atoms with Gasteiger partial charge in [-0.2, -0.15) is 11.8 Å². The van der Waals surface area contributed by atoms with Crippen molar-refractivity contribution < 1.29 is 9.84 Å². The Labute approximate surface area is 179 Å². The molecule has 1 atom stereocenters. The van der Waals surface area contributed by atoms with Crippen LogP contribution in [0.1, 0.15) is 32.4 Å². The molecule has 0 spiro atoms. The first-order valence-electron chi connectivity index (χ1n) is 8.72. The van der Waals surface area contributed by atoms with Gasteiger partial charge in [-0.3, -0.25) is 4.99 Å². The van der Waals surface area contributed by atoms with E-state index in [1.54, 1.807) is 0 Å². The molecule has 1 unspecified atom stereocenters. The Bertz CT molecular complexity index is 524. The molecular formula is C19H32IN3O2S. The predicted molar refractivity (Wildman–Crippen MR) is 124 cm³/mol. The van der Waals surface area contributed by atoms with Crippen LogP contribution in [0.4, 0.5) is 0 Å². The highest BCUT2D eigenvalue weighted by Gasteiger charge is 2.08. The maximum absolute atomic E-state index is 10.3. The van der Waals surface area contributed by atoms with Gasteiger partial charge in [-0.25, -0.2) is 0 Å². The average Bonchev–Trinajstić information content (AvgIpc) is 2.59. The molecule has 148 valence electrons. The van der Waals surface area contributed by atoms with Crippen LogP contribution in [0.2, 0.25) is 0 Å². The molecule has 0 saturated carbocycles. The Kier molecular flexibility index (Phi) is 14.6. The second kappa shape index (κ2) is 15.2. The molecule has 0 heterocycles. The lowest BCUT2D eigenvalue weighted by atomic mass is 10.1. The van der Waals surface area contributed by atoms with E-state index in [1.165, 1.54) is 0 Å². The number of hydrogen-bond acceptors (Lipinski definition) is 4. The van der Waals surface area contributed by atoms with Gasteiger partial charge >= 0.3 is 0 Å². The molecule has 3 N–H and O–H groups in total. The number of ether oxygens (including phenoxy) is 1. The van der Waals surface area contributed by atoms with Crippen molar-refractivity contribution >= 4 is 41.7 Å². The number of thioether (sulfide) groups is 1. The smallest absolute Gasteiger partial charge is 0.191 e. The molecule has 5 nitrogen and oxygen atoms in total. The summed E-state index contributed by atoms with van der Waals surface area (Å²) in [7, 11) is 0. The Morgan fingerprint density at radius 3 is 2.58 bits per heavy atom. The van der Waals surface area contributed by atoms with Crippen LogP contribution >= 0.6 is 35.7 Å². The lowest BCUT2D eigenvalue weighted by molar-refractivity contribution is 0.186. The van der Waals surface area contributed by atoms with Crippen LogP contribution in [-0.2, 0) is 0 Å². The van der Waals surface area contributed by atoms with Gasteiger partial charge in [0.1, 0.15) is 5.75 Å². The molecule has 0 saturated heterocycles. The fourth-order valence-corrected chi connectivity index (χ4v) is 2.65. The van der Waals surface area contributed by atoms with Crippen LogP contribution in [0.25, 0.3) is 0 Å². The molecule has 1 aromatic rings. The molecule has 0 aliphatic rings. The summed E-state index contributed by atoms with van der Waals surface area (Å²) in [6.07, 6.45) is 1.40. The van der Waals surface area contributed by atoms with Gasteiger partial charge in [0.05, 0.1) is 18.8 Å². The van der Waals surface area contributed by atoms with Gasteiger partial charge < -0.3 is 20.5 Å². The highest BCUT2D eigenvalue weighted by Crippen LogP contribution is 2.19. The number of nitrogens with zero attached hydrogens (tertiary/aromatic N) is 1. The zero-order valence-corrected chi connectivity index (χ0v) is 19.1. The van der Waals surface area contributed by atoms with Crippen LogP contribution in [0.3, 0.4) is 0 Å². The SMILES string of the molecule is C=CCSCCNC(=NCC(O)c1ccc(OC(C)C)cc1)NCC.I. The predicted octanol–water partition coefficient (Wildman–Crippen LogP) is 3.60. The number of rotatable bonds is 11. The molecule has 1 rings (SSSR count). The molecule has 0 aliphatic carbocycles. The molecule has 7 heteroatoms. The Morgan fingerprint density at radius 1 is 1.31 bits per heavy atom. The van der Waals surface area contributed by atoms with Crippen molar-refractivity contribution in [3.63, 3.8) is 0 Å². The maximum atomic E-state index is 10.3. The first-order chi connectivity index (χ1) is 12.1. The van der Waals surface area contributed by atoms with Gasteiger partial charge in [0.25, 0.3) is 0 Å². The molecule has 0 bridgehead atoms.